The molecule has 9 heteroatoms. The SMILES string of the molecule is O=C(Nc1ccc(SC(C(=O)Nc2ccc(Cl)cn2)c2ccccc2)cc1)/C(=C/c1ccc(-c2ccccc2)cc1)NC(=O)c1ccccc1. The highest BCUT2D eigenvalue weighted by Gasteiger charge is 2.23. The third-order valence-corrected chi connectivity index (χ3v) is 9.03. The molecule has 0 aliphatic heterocycles. The van der Waals surface area contributed by atoms with Crippen LogP contribution in [0.5, 0.6) is 0 Å². The first-order valence-corrected chi connectivity index (χ1v) is 17.0. The molecule has 0 saturated carbocycles. The number of hydrogen-bond donors (Lipinski definition) is 3. The summed E-state index contributed by atoms with van der Waals surface area (Å²) in [7, 11) is 0. The lowest BCUT2D eigenvalue weighted by atomic mass is 10.0. The fourth-order valence-electron chi connectivity index (χ4n) is 5.01. The van der Waals surface area contributed by atoms with Gasteiger partial charge in [0.15, 0.2) is 0 Å². The van der Waals surface area contributed by atoms with Crippen molar-refractivity contribution >= 4 is 58.7 Å². The molecule has 6 aromatic rings. The van der Waals surface area contributed by atoms with Gasteiger partial charge in [-0.2, -0.15) is 0 Å². The third-order valence-electron chi connectivity index (χ3n) is 7.54. The summed E-state index contributed by atoms with van der Waals surface area (Å²) in [6.07, 6.45) is 3.12. The second-order valence-corrected chi connectivity index (χ2v) is 12.7. The third kappa shape index (κ3) is 9.14. The first-order chi connectivity index (χ1) is 24.4. The Bertz CT molecular complexity index is 2090. The molecule has 0 aliphatic rings. The van der Waals surface area contributed by atoms with Crippen LogP contribution in [0.15, 0.2) is 168 Å². The minimum Gasteiger partial charge on any atom is -0.321 e. The summed E-state index contributed by atoms with van der Waals surface area (Å²) in [6.45, 7) is 0. The Hall–Kier alpha value is -5.96. The second kappa shape index (κ2) is 16.4. The molecule has 5 aromatic carbocycles. The molecule has 0 bridgehead atoms. The van der Waals surface area contributed by atoms with Crippen molar-refractivity contribution in [3.63, 3.8) is 0 Å². The molecule has 0 saturated heterocycles. The van der Waals surface area contributed by atoms with E-state index in [4.69, 9.17) is 11.6 Å². The Morgan fingerprint density at radius 3 is 1.92 bits per heavy atom. The van der Waals surface area contributed by atoms with E-state index in [2.05, 4.69) is 20.9 Å². The molecule has 3 N–H and O–H groups in total. The summed E-state index contributed by atoms with van der Waals surface area (Å²) in [4.78, 5) is 45.2. The van der Waals surface area contributed by atoms with Crippen LogP contribution in [-0.4, -0.2) is 22.7 Å². The number of nitrogens with one attached hydrogen (secondary N) is 3. The monoisotopic (exact) mass is 694 g/mol. The Kier molecular flexibility index (Phi) is 11.1. The zero-order chi connectivity index (χ0) is 34.7. The Labute approximate surface area is 299 Å². The molecule has 6 rings (SSSR count). The molecule has 0 radical (unpaired) electrons. The fraction of sp³-hybridized carbons (Fsp3) is 0.0244. The van der Waals surface area contributed by atoms with Crippen LogP contribution >= 0.6 is 23.4 Å². The summed E-state index contributed by atoms with van der Waals surface area (Å²) in [5.74, 6) is -0.735. The van der Waals surface area contributed by atoms with Crippen LogP contribution in [0.1, 0.15) is 26.7 Å². The lowest BCUT2D eigenvalue weighted by molar-refractivity contribution is -0.116. The van der Waals surface area contributed by atoms with Crippen LogP contribution in [0.25, 0.3) is 17.2 Å². The van der Waals surface area contributed by atoms with Gasteiger partial charge in [-0.1, -0.05) is 115 Å². The van der Waals surface area contributed by atoms with Gasteiger partial charge in [0.25, 0.3) is 11.8 Å². The van der Waals surface area contributed by atoms with Gasteiger partial charge in [0.1, 0.15) is 16.8 Å². The number of amides is 3. The number of thioether (sulfide) groups is 1. The number of benzene rings is 5. The maximum atomic E-state index is 13.6. The first-order valence-electron chi connectivity index (χ1n) is 15.7. The van der Waals surface area contributed by atoms with Crippen molar-refractivity contribution in [3.8, 4) is 11.1 Å². The van der Waals surface area contributed by atoms with Gasteiger partial charge in [0, 0.05) is 22.3 Å². The van der Waals surface area contributed by atoms with E-state index in [0.29, 0.717) is 22.1 Å². The summed E-state index contributed by atoms with van der Waals surface area (Å²) >= 11 is 7.32. The molecule has 1 atom stereocenters. The summed E-state index contributed by atoms with van der Waals surface area (Å²) in [6, 6.07) is 46.4. The molecule has 0 spiro atoms. The Morgan fingerprint density at radius 2 is 1.28 bits per heavy atom. The summed E-state index contributed by atoms with van der Waals surface area (Å²) < 4.78 is 0. The van der Waals surface area contributed by atoms with Crippen molar-refractivity contribution in [3.05, 3.63) is 185 Å². The van der Waals surface area contributed by atoms with E-state index in [1.54, 1.807) is 54.6 Å². The van der Waals surface area contributed by atoms with E-state index in [1.165, 1.54) is 18.0 Å². The molecule has 50 heavy (non-hydrogen) atoms. The number of anilines is 2. The van der Waals surface area contributed by atoms with Gasteiger partial charge in [0.05, 0.1) is 5.02 Å². The van der Waals surface area contributed by atoms with Gasteiger partial charge in [-0.15, -0.1) is 11.8 Å². The van der Waals surface area contributed by atoms with Crippen molar-refractivity contribution in [1.82, 2.24) is 10.3 Å². The number of pyridine rings is 1. The molecule has 0 fully saturated rings. The second-order valence-electron chi connectivity index (χ2n) is 11.1. The number of nitrogens with zero attached hydrogens (tertiary/aromatic N) is 1. The number of halogens is 1. The highest BCUT2D eigenvalue weighted by Crippen LogP contribution is 2.36. The number of hydrogen-bond acceptors (Lipinski definition) is 5. The van der Waals surface area contributed by atoms with Gasteiger partial charge in [0.2, 0.25) is 5.91 Å². The first kappa shape index (κ1) is 33.9. The maximum Gasteiger partial charge on any atom is 0.272 e. The number of carbonyl (C=O) groups excluding carboxylic acids is 3. The van der Waals surface area contributed by atoms with Crippen LogP contribution in [0.3, 0.4) is 0 Å². The predicted molar refractivity (Wildman–Crippen MR) is 202 cm³/mol. The van der Waals surface area contributed by atoms with E-state index >= 15 is 0 Å². The summed E-state index contributed by atoms with van der Waals surface area (Å²) in [5.41, 5.74) is 4.71. The fourth-order valence-corrected chi connectivity index (χ4v) is 6.14. The maximum absolute atomic E-state index is 13.6. The quantitative estimate of drug-likeness (QED) is 0.0927. The standard InChI is InChI=1S/C41H31ClN4O3S/c42-33-20-25-37(43-27-33)46-41(49)38(31-12-6-2-7-13-31)50-35-23-21-34(22-24-35)44-40(48)36(45-39(47)32-14-8-3-9-15-32)26-28-16-18-30(19-17-28)29-10-4-1-5-11-29/h1-27,38H,(H,44,48)(H,45,47)(H,43,46,49)/b36-26-. The van der Waals surface area contributed by atoms with Crippen molar-refractivity contribution in [1.29, 1.82) is 0 Å². The Morgan fingerprint density at radius 1 is 0.660 bits per heavy atom. The molecular weight excluding hydrogens is 664 g/mol. The van der Waals surface area contributed by atoms with Gasteiger partial charge in [-0.05, 0) is 76.9 Å². The lowest BCUT2D eigenvalue weighted by Gasteiger charge is -2.17. The van der Waals surface area contributed by atoms with Crippen LogP contribution in [0.4, 0.5) is 11.5 Å². The lowest BCUT2D eigenvalue weighted by Crippen LogP contribution is -2.30. The summed E-state index contributed by atoms with van der Waals surface area (Å²) in [5, 5.41) is 8.45. The van der Waals surface area contributed by atoms with Gasteiger partial charge >= 0.3 is 0 Å². The van der Waals surface area contributed by atoms with Crippen LogP contribution in [0, 0.1) is 0 Å². The van der Waals surface area contributed by atoms with Crippen molar-refractivity contribution in [2.75, 3.05) is 10.6 Å². The highest BCUT2D eigenvalue weighted by molar-refractivity contribution is 8.00. The van der Waals surface area contributed by atoms with E-state index in [1.807, 2.05) is 103 Å². The average molecular weight is 695 g/mol. The molecule has 3 amide bonds. The number of rotatable bonds is 11. The zero-order valence-corrected chi connectivity index (χ0v) is 28.2. The molecule has 1 heterocycles. The average Bonchev–Trinajstić information content (AvgIpc) is 3.16. The largest absolute Gasteiger partial charge is 0.321 e. The molecule has 7 nitrogen and oxygen atoms in total. The van der Waals surface area contributed by atoms with Gasteiger partial charge < -0.3 is 16.0 Å². The molecule has 246 valence electrons. The minimum atomic E-state index is -0.579. The number of aromatic nitrogens is 1. The smallest absolute Gasteiger partial charge is 0.272 e. The minimum absolute atomic E-state index is 0.0846. The van der Waals surface area contributed by atoms with Crippen molar-refractivity contribution in [2.24, 2.45) is 0 Å². The Balaban J connectivity index is 1.19. The molecule has 1 unspecified atom stereocenters. The molecule has 1 aromatic heterocycles. The molecular formula is C41H31ClN4O3S. The van der Waals surface area contributed by atoms with Crippen molar-refractivity contribution in [2.45, 2.75) is 10.1 Å². The van der Waals surface area contributed by atoms with Crippen LogP contribution < -0.4 is 16.0 Å². The topological polar surface area (TPSA) is 100 Å². The van der Waals surface area contributed by atoms with Crippen LogP contribution in [0.2, 0.25) is 5.02 Å². The zero-order valence-electron chi connectivity index (χ0n) is 26.6. The number of carbonyl (C=O) groups is 3. The van der Waals surface area contributed by atoms with E-state index in [9.17, 15) is 14.4 Å². The van der Waals surface area contributed by atoms with Gasteiger partial charge in [-0.3, -0.25) is 14.4 Å². The van der Waals surface area contributed by atoms with E-state index < -0.39 is 17.1 Å². The normalized spacial score (nSPS) is 11.7. The van der Waals surface area contributed by atoms with E-state index in [-0.39, 0.29) is 11.6 Å². The van der Waals surface area contributed by atoms with Crippen molar-refractivity contribution < 1.29 is 14.4 Å². The molecule has 0 aliphatic carbocycles. The predicted octanol–water partition coefficient (Wildman–Crippen LogP) is 9.28. The highest BCUT2D eigenvalue weighted by atomic mass is 35.5. The van der Waals surface area contributed by atoms with E-state index in [0.717, 1.165) is 27.1 Å². The van der Waals surface area contributed by atoms with Crippen LogP contribution in [-0.2, 0) is 9.59 Å². The van der Waals surface area contributed by atoms with Gasteiger partial charge in [-0.25, -0.2) is 4.98 Å².